The molecule has 94 valence electrons. The van der Waals surface area contributed by atoms with E-state index in [-0.39, 0.29) is 16.3 Å². The summed E-state index contributed by atoms with van der Waals surface area (Å²) in [6.07, 6.45) is 1.15. The van der Waals surface area contributed by atoms with Gasteiger partial charge in [-0.3, -0.25) is 4.90 Å². The molecule has 5 heteroatoms. The van der Waals surface area contributed by atoms with E-state index >= 15 is 0 Å². The van der Waals surface area contributed by atoms with Gasteiger partial charge in [-0.2, -0.15) is 0 Å². The van der Waals surface area contributed by atoms with Crippen molar-refractivity contribution in [3.8, 4) is 5.75 Å². The van der Waals surface area contributed by atoms with Crippen LogP contribution in [0.3, 0.4) is 0 Å². The number of likely N-dealkylation sites (tertiary alicyclic amines) is 1. The maximum absolute atomic E-state index is 13.2. The van der Waals surface area contributed by atoms with Crippen molar-refractivity contribution in [2.75, 3.05) is 19.6 Å². The first-order chi connectivity index (χ1) is 8.10. The highest BCUT2D eigenvalue weighted by Crippen LogP contribution is 2.26. The molecule has 0 radical (unpaired) electrons. The van der Waals surface area contributed by atoms with E-state index in [1.165, 1.54) is 12.1 Å². The van der Waals surface area contributed by atoms with Gasteiger partial charge in [-0.15, -0.1) is 0 Å². The summed E-state index contributed by atoms with van der Waals surface area (Å²) in [4.78, 5) is 2.25. The zero-order chi connectivity index (χ0) is 12.4. The van der Waals surface area contributed by atoms with Crippen molar-refractivity contribution in [1.29, 1.82) is 0 Å². The Hall–Kier alpha value is -0.680. The van der Waals surface area contributed by atoms with E-state index in [2.05, 4.69) is 27.8 Å². The van der Waals surface area contributed by atoms with Crippen LogP contribution in [-0.2, 0) is 0 Å². The third-order valence-electron chi connectivity index (χ3n) is 2.72. The van der Waals surface area contributed by atoms with Gasteiger partial charge in [0.05, 0.1) is 4.47 Å². The van der Waals surface area contributed by atoms with Gasteiger partial charge in [0.15, 0.2) is 0 Å². The Kier molecular flexibility index (Phi) is 3.99. The normalized spacial score (nSPS) is 16.9. The second-order valence-electron chi connectivity index (χ2n) is 4.20. The fourth-order valence-corrected chi connectivity index (χ4v) is 2.12. The quantitative estimate of drug-likeness (QED) is 0.792. The van der Waals surface area contributed by atoms with Gasteiger partial charge in [0, 0.05) is 25.2 Å². The molecule has 0 aromatic heterocycles. The number of rotatable bonds is 4. The molecule has 0 aliphatic carbocycles. The molecule has 1 aliphatic heterocycles. The molecule has 0 N–H and O–H groups in total. The Labute approximate surface area is 108 Å². The molecule has 2 nitrogen and oxygen atoms in total. The van der Waals surface area contributed by atoms with Crippen LogP contribution >= 0.6 is 15.9 Å². The van der Waals surface area contributed by atoms with Crippen LogP contribution in [0.5, 0.6) is 5.75 Å². The fraction of sp³-hybridized carbons (Fsp3) is 0.500. The van der Waals surface area contributed by atoms with E-state index in [4.69, 9.17) is 4.74 Å². The molecule has 0 unspecified atom stereocenters. The molecule has 1 heterocycles. The highest BCUT2D eigenvalue weighted by Gasteiger charge is 2.27. The Morgan fingerprint density at radius 3 is 2.47 bits per heavy atom. The molecular weight excluding hydrogens is 292 g/mol. The summed E-state index contributed by atoms with van der Waals surface area (Å²) in [6.45, 7) is 4.82. The number of halogens is 3. The van der Waals surface area contributed by atoms with Crippen LogP contribution in [0.2, 0.25) is 0 Å². The standard InChI is InChI=1S/C12H14BrF2NO/c1-2-3-16-6-9(7-16)17-8-4-10(14)12(13)11(15)5-8/h4-5,9H,2-3,6-7H2,1H3. The number of hydrogen-bond donors (Lipinski definition) is 0. The molecule has 0 saturated carbocycles. The fourth-order valence-electron chi connectivity index (χ4n) is 1.89. The number of benzene rings is 1. The van der Waals surface area contributed by atoms with Gasteiger partial charge in [0.1, 0.15) is 23.5 Å². The van der Waals surface area contributed by atoms with E-state index in [0.717, 1.165) is 26.1 Å². The first kappa shape index (κ1) is 12.8. The lowest BCUT2D eigenvalue weighted by molar-refractivity contribution is 0.0199. The van der Waals surface area contributed by atoms with Gasteiger partial charge in [-0.25, -0.2) is 8.78 Å². The summed E-state index contributed by atoms with van der Waals surface area (Å²) in [5, 5.41) is 0. The molecule has 0 atom stereocenters. The molecule has 1 aliphatic rings. The molecule has 1 saturated heterocycles. The third-order valence-corrected chi connectivity index (χ3v) is 3.48. The van der Waals surface area contributed by atoms with Gasteiger partial charge in [-0.05, 0) is 28.9 Å². The zero-order valence-corrected chi connectivity index (χ0v) is 11.1. The molecule has 2 rings (SSSR count). The predicted molar refractivity (Wildman–Crippen MR) is 65.2 cm³/mol. The summed E-state index contributed by atoms with van der Waals surface area (Å²) in [5.74, 6) is -1.01. The Morgan fingerprint density at radius 2 is 1.94 bits per heavy atom. The SMILES string of the molecule is CCCN1CC(Oc2cc(F)c(Br)c(F)c2)C1. The number of hydrogen-bond acceptors (Lipinski definition) is 2. The van der Waals surface area contributed by atoms with Crippen LogP contribution in [0, 0.1) is 11.6 Å². The smallest absolute Gasteiger partial charge is 0.144 e. The third kappa shape index (κ3) is 2.96. The summed E-state index contributed by atoms with van der Waals surface area (Å²) in [7, 11) is 0. The van der Waals surface area contributed by atoms with Gasteiger partial charge in [0.2, 0.25) is 0 Å². The highest BCUT2D eigenvalue weighted by atomic mass is 79.9. The molecule has 0 spiro atoms. The van der Waals surface area contributed by atoms with E-state index in [9.17, 15) is 8.78 Å². The van der Waals surface area contributed by atoms with Gasteiger partial charge >= 0.3 is 0 Å². The van der Waals surface area contributed by atoms with Crippen molar-refractivity contribution in [1.82, 2.24) is 4.90 Å². The van der Waals surface area contributed by atoms with Crippen molar-refractivity contribution in [3.63, 3.8) is 0 Å². The van der Waals surface area contributed by atoms with Crippen LogP contribution in [0.15, 0.2) is 16.6 Å². The minimum absolute atomic E-state index is 0.0431. The highest BCUT2D eigenvalue weighted by molar-refractivity contribution is 9.10. The maximum Gasteiger partial charge on any atom is 0.144 e. The average Bonchev–Trinajstić information content (AvgIpc) is 2.23. The van der Waals surface area contributed by atoms with E-state index in [0.29, 0.717) is 0 Å². The minimum Gasteiger partial charge on any atom is -0.488 e. The van der Waals surface area contributed by atoms with Crippen LogP contribution in [-0.4, -0.2) is 30.6 Å². The zero-order valence-electron chi connectivity index (χ0n) is 9.55. The van der Waals surface area contributed by atoms with Crippen molar-refractivity contribution < 1.29 is 13.5 Å². The first-order valence-electron chi connectivity index (χ1n) is 5.63. The summed E-state index contributed by atoms with van der Waals surface area (Å²) in [5.41, 5.74) is 0. The molecule has 0 amide bonds. The lowest BCUT2D eigenvalue weighted by Crippen LogP contribution is -2.53. The predicted octanol–water partition coefficient (Wildman–Crippen LogP) is 3.20. The molecule has 1 aromatic rings. The second-order valence-corrected chi connectivity index (χ2v) is 4.99. The Morgan fingerprint density at radius 1 is 1.35 bits per heavy atom. The maximum atomic E-state index is 13.2. The lowest BCUT2D eigenvalue weighted by Gasteiger charge is -2.38. The van der Waals surface area contributed by atoms with Gasteiger partial charge in [-0.1, -0.05) is 6.92 Å². The van der Waals surface area contributed by atoms with E-state index in [1.54, 1.807) is 0 Å². The van der Waals surface area contributed by atoms with Gasteiger partial charge < -0.3 is 4.74 Å². The first-order valence-corrected chi connectivity index (χ1v) is 6.43. The lowest BCUT2D eigenvalue weighted by atomic mass is 10.1. The van der Waals surface area contributed by atoms with Crippen molar-refractivity contribution in [2.24, 2.45) is 0 Å². The van der Waals surface area contributed by atoms with Crippen LogP contribution < -0.4 is 4.74 Å². The topological polar surface area (TPSA) is 12.5 Å². The monoisotopic (exact) mass is 305 g/mol. The molecule has 1 aromatic carbocycles. The molecule has 1 fully saturated rings. The molecular formula is C12H14BrF2NO. The van der Waals surface area contributed by atoms with Crippen molar-refractivity contribution >= 4 is 15.9 Å². The summed E-state index contributed by atoms with van der Waals surface area (Å²) in [6, 6.07) is 2.41. The second kappa shape index (κ2) is 5.31. The van der Waals surface area contributed by atoms with Crippen molar-refractivity contribution in [2.45, 2.75) is 19.4 Å². The van der Waals surface area contributed by atoms with Crippen LogP contribution in [0.4, 0.5) is 8.78 Å². The minimum atomic E-state index is -0.635. The molecule has 17 heavy (non-hydrogen) atoms. The molecule has 0 bridgehead atoms. The largest absolute Gasteiger partial charge is 0.488 e. The Balaban J connectivity index is 1.92. The van der Waals surface area contributed by atoms with E-state index < -0.39 is 11.6 Å². The van der Waals surface area contributed by atoms with Crippen molar-refractivity contribution in [3.05, 3.63) is 28.2 Å². The average molecular weight is 306 g/mol. The van der Waals surface area contributed by atoms with Gasteiger partial charge in [0.25, 0.3) is 0 Å². The van der Waals surface area contributed by atoms with Crippen LogP contribution in [0.1, 0.15) is 13.3 Å². The summed E-state index contributed by atoms with van der Waals surface area (Å²) < 4.78 is 31.8. The number of nitrogens with zero attached hydrogens (tertiary/aromatic N) is 1. The van der Waals surface area contributed by atoms with E-state index in [1.807, 2.05) is 0 Å². The Bertz CT molecular complexity index is 384. The number of ether oxygens (including phenoxy) is 1. The van der Waals surface area contributed by atoms with Crippen LogP contribution in [0.25, 0.3) is 0 Å². The summed E-state index contributed by atoms with van der Waals surface area (Å²) >= 11 is 2.83.